The summed E-state index contributed by atoms with van der Waals surface area (Å²) >= 11 is 4.87. The Kier molecular flexibility index (Phi) is 5.28. The van der Waals surface area contributed by atoms with E-state index in [9.17, 15) is 4.79 Å². The molecule has 7 heteroatoms. The van der Waals surface area contributed by atoms with E-state index in [4.69, 9.17) is 4.98 Å². The Hall–Kier alpha value is -3.42. The van der Waals surface area contributed by atoms with E-state index in [0.29, 0.717) is 10.7 Å². The van der Waals surface area contributed by atoms with Crippen molar-refractivity contribution in [3.8, 4) is 22.6 Å². The number of hydrogen-bond acceptors (Lipinski definition) is 5. The van der Waals surface area contributed by atoms with Crippen LogP contribution in [0.4, 0.5) is 5.13 Å². The maximum Gasteiger partial charge on any atom is 0.258 e. The van der Waals surface area contributed by atoms with Crippen LogP contribution in [-0.4, -0.2) is 20.9 Å². The van der Waals surface area contributed by atoms with Crippen LogP contribution in [0.5, 0.6) is 0 Å². The van der Waals surface area contributed by atoms with Crippen molar-refractivity contribution in [1.29, 1.82) is 0 Å². The van der Waals surface area contributed by atoms with Crippen LogP contribution in [0.25, 0.3) is 33.5 Å². The lowest BCUT2D eigenvalue weighted by Gasteiger charge is -2.10. The number of rotatable bonds is 4. The van der Waals surface area contributed by atoms with Crippen LogP contribution in [0.1, 0.15) is 10.4 Å². The number of carbonyl (C=O) groups excluding carboxylic acids is 1. The van der Waals surface area contributed by atoms with Crippen molar-refractivity contribution in [2.24, 2.45) is 0 Å². The van der Waals surface area contributed by atoms with Gasteiger partial charge in [0.15, 0.2) is 5.13 Å². The average molecular weight is 487 g/mol. The van der Waals surface area contributed by atoms with Gasteiger partial charge in [-0.1, -0.05) is 52.3 Å². The van der Waals surface area contributed by atoms with Crippen LogP contribution in [0, 0.1) is 0 Å². The van der Waals surface area contributed by atoms with Crippen LogP contribution < -0.4 is 5.32 Å². The number of thiazole rings is 1. The third-order valence-electron chi connectivity index (χ3n) is 4.74. The fraction of sp³-hybridized carbons (Fsp3) is 0. The number of amides is 1. The number of hydrogen-bond donors (Lipinski definition) is 1. The molecule has 0 aliphatic rings. The predicted octanol–water partition coefficient (Wildman–Crippen LogP) is 6.44. The van der Waals surface area contributed by atoms with Gasteiger partial charge in [-0.2, -0.15) is 0 Å². The summed E-state index contributed by atoms with van der Waals surface area (Å²) < 4.78 is 0.884. The number of anilines is 1. The number of halogens is 1. The highest BCUT2D eigenvalue weighted by atomic mass is 79.9. The number of nitrogens with zero attached hydrogens (tertiary/aromatic N) is 3. The summed E-state index contributed by atoms with van der Waals surface area (Å²) in [6.07, 6.45) is 1.72. The smallest absolute Gasteiger partial charge is 0.258 e. The van der Waals surface area contributed by atoms with E-state index >= 15 is 0 Å². The van der Waals surface area contributed by atoms with Crippen LogP contribution in [-0.2, 0) is 0 Å². The number of aromatic nitrogens is 3. The van der Waals surface area contributed by atoms with Gasteiger partial charge < -0.3 is 0 Å². The molecule has 0 aliphatic carbocycles. The summed E-state index contributed by atoms with van der Waals surface area (Å²) in [7, 11) is 0. The maximum absolute atomic E-state index is 13.3. The molecule has 5 rings (SSSR count). The van der Waals surface area contributed by atoms with E-state index in [1.54, 1.807) is 6.20 Å². The largest absolute Gasteiger partial charge is 0.298 e. The molecule has 2 aromatic carbocycles. The minimum Gasteiger partial charge on any atom is -0.298 e. The van der Waals surface area contributed by atoms with Gasteiger partial charge >= 0.3 is 0 Å². The zero-order chi connectivity index (χ0) is 21.2. The van der Waals surface area contributed by atoms with Crippen molar-refractivity contribution >= 4 is 49.2 Å². The fourth-order valence-corrected chi connectivity index (χ4v) is 4.33. The van der Waals surface area contributed by atoms with Gasteiger partial charge in [0.2, 0.25) is 0 Å². The molecular formula is C24H15BrN4OS. The second-order valence-electron chi connectivity index (χ2n) is 6.79. The summed E-state index contributed by atoms with van der Waals surface area (Å²) in [5.74, 6) is -0.232. The Morgan fingerprint density at radius 3 is 2.52 bits per heavy atom. The molecule has 0 fully saturated rings. The normalized spacial score (nSPS) is 10.9. The molecule has 0 spiro atoms. The van der Waals surface area contributed by atoms with Crippen LogP contribution >= 0.6 is 27.3 Å². The van der Waals surface area contributed by atoms with Gasteiger partial charge in [0.05, 0.1) is 22.5 Å². The molecule has 0 bridgehead atoms. The first-order valence-electron chi connectivity index (χ1n) is 9.51. The zero-order valence-corrected chi connectivity index (χ0v) is 18.5. The van der Waals surface area contributed by atoms with Gasteiger partial charge in [0, 0.05) is 27.0 Å². The summed E-state index contributed by atoms with van der Waals surface area (Å²) in [6.45, 7) is 0. The molecule has 3 heterocycles. The Morgan fingerprint density at radius 1 is 0.871 bits per heavy atom. The second kappa shape index (κ2) is 8.37. The van der Waals surface area contributed by atoms with Crippen molar-refractivity contribution in [1.82, 2.24) is 15.0 Å². The molecule has 150 valence electrons. The first-order valence-corrected chi connectivity index (χ1v) is 11.2. The molecule has 5 aromatic rings. The lowest BCUT2D eigenvalue weighted by Crippen LogP contribution is -2.13. The molecule has 0 atom stereocenters. The monoisotopic (exact) mass is 486 g/mol. The lowest BCUT2D eigenvalue weighted by atomic mass is 10.0. The standard InChI is InChI=1S/C24H15BrN4OS/c25-16-9-10-19-17(12-16)18(13-21(27-19)15-6-2-1-3-7-15)23(30)29-24-28-22(14-31-24)20-8-4-5-11-26-20/h1-14H,(H,28,29,30). The molecule has 0 aliphatic heterocycles. The molecule has 0 saturated heterocycles. The Labute approximate surface area is 191 Å². The Bertz CT molecular complexity index is 1390. The fourth-order valence-electron chi connectivity index (χ4n) is 3.27. The van der Waals surface area contributed by atoms with Crippen molar-refractivity contribution in [2.75, 3.05) is 5.32 Å². The summed E-state index contributed by atoms with van der Waals surface area (Å²) in [4.78, 5) is 26.9. The van der Waals surface area contributed by atoms with Crippen molar-refractivity contribution < 1.29 is 4.79 Å². The van der Waals surface area contributed by atoms with E-state index in [2.05, 4.69) is 31.2 Å². The summed E-state index contributed by atoms with van der Waals surface area (Å²) in [6, 6.07) is 23.0. The van der Waals surface area contributed by atoms with E-state index < -0.39 is 0 Å². The highest BCUT2D eigenvalue weighted by Crippen LogP contribution is 2.29. The molecular weight excluding hydrogens is 472 g/mol. The van der Waals surface area contributed by atoms with Crippen LogP contribution in [0.3, 0.4) is 0 Å². The van der Waals surface area contributed by atoms with E-state index in [1.807, 2.05) is 78.2 Å². The molecule has 0 saturated carbocycles. The molecule has 31 heavy (non-hydrogen) atoms. The number of benzene rings is 2. The van der Waals surface area contributed by atoms with Crippen molar-refractivity contribution in [2.45, 2.75) is 0 Å². The molecule has 1 N–H and O–H groups in total. The number of pyridine rings is 2. The van der Waals surface area contributed by atoms with Gasteiger partial charge in [-0.25, -0.2) is 9.97 Å². The number of carbonyl (C=O) groups is 1. The third-order valence-corrected chi connectivity index (χ3v) is 5.99. The quantitative estimate of drug-likeness (QED) is 0.317. The van der Waals surface area contributed by atoms with Crippen LogP contribution in [0.15, 0.2) is 88.8 Å². The molecule has 0 radical (unpaired) electrons. The molecule has 1 amide bonds. The lowest BCUT2D eigenvalue weighted by molar-refractivity contribution is 0.102. The minimum atomic E-state index is -0.232. The minimum absolute atomic E-state index is 0.232. The molecule has 0 unspecified atom stereocenters. The highest BCUT2D eigenvalue weighted by Gasteiger charge is 2.16. The zero-order valence-electron chi connectivity index (χ0n) is 16.1. The Morgan fingerprint density at radius 2 is 1.71 bits per heavy atom. The van der Waals surface area contributed by atoms with E-state index in [1.165, 1.54) is 11.3 Å². The average Bonchev–Trinajstić information content (AvgIpc) is 3.28. The van der Waals surface area contributed by atoms with E-state index in [-0.39, 0.29) is 5.91 Å². The van der Waals surface area contributed by atoms with Gasteiger partial charge in [-0.3, -0.25) is 15.1 Å². The van der Waals surface area contributed by atoms with Gasteiger partial charge in [-0.15, -0.1) is 11.3 Å². The topological polar surface area (TPSA) is 67.8 Å². The van der Waals surface area contributed by atoms with Gasteiger partial charge in [-0.05, 0) is 36.4 Å². The SMILES string of the molecule is O=C(Nc1nc(-c2ccccn2)cs1)c1cc(-c2ccccc2)nc2ccc(Br)cc12. The number of nitrogens with one attached hydrogen (secondary N) is 1. The van der Waals surface area contributed by atoms with E-state index in [0.717, 1.165) is 38.0 Å². The van der Waals surface area contributed by atoms with Gasteiger partial charge in [0.25, 0.3) is 5.91 Å². The summed E-state index contributed by atoms with van der Waals surface area (Å²) in [5, 5.41) is 6.11. The van der Waals surface area contributed by atoms with Crippen molar-refractivity contribution in [3.63, 3.8) is 0 Å². The van der Waals surface area contributed by atoms with Crippen LogP contribution in [0.2, 0.25) is 0 Å². The first-order chi connectivity index (χ1) is 15.2. The maximum atomic E-state index is 13.3. The predicted molar refractivity (Wildman–Crippen MR) is 128 cm³/mol. The van der Waals surface area contributed by atoms with Gasteiger partial charge in [0.1, 0.15) is 5.69 Å². The first kappa shape index (κ1) is 19.5. The molecule has 3 aromatic heterocycles. The van der Waals surface area contributed by atoms with Crippen molar-refractivity contribution in [3.05, 3.63) is 94.4 Å². The second-order valence-corrected chi connectivity index (χ2v) is 8.56. The Balaban J connectivity index is 1.53. The number of fused-ring (bicyclic) bond motifs is 1. The summed E-state index contributed by atoms with van der Waals surface area (Å²) in [5.41, 5.74) is 4.49. The third kappa shape index (κ3) is 4.10. The molecule has 5 nitrogen and oxygen atoms in total. The highest BCUT2D eigenvalue weighted by molar-refractivity contribution is 9.10.